The second-order valence-corrected chi connectivity index (χ2v) is 5.68. The van der Waals surface area contributed by atoms with Gasteiger partial charge in [0.1, 0.15) is 0 Å². The molecule has 0 saturated carbocycles. The zero-order valence-corrected chi connectivity index (χ0v) is 12.7. The van der Waals surface area contributed by atoms with E-state index in [0.29, 0.717) is 26.3 Å². The average molecular weight is 352 g/mol. The van der Waals surface area contributed by atoms with Crippen molar-refractivity contribution in [1.29, 1.82) is 0 Å². The average Bonchev–Trinajstić information content (AvgIpc) is 2.68. The minimum Gasteiger partial charge on any atom is -0.268 e. The number of hydrogen-bond donors (Lipinski definition) is 0. The Morgan fingerprint density at radius 2 is 1.90 bits per heavy atom. The number of rotatable bonds is 1. The molecule has 0 unspecified atom stereocenters. The molecule has 0 fully saturated rings. The molecule has 0 radical (unpaired) electrons. The first kappa shape index (κ1) is 13.3. The van der Waals surface area contributed by atoms with E-state index in [4.69, 9.17) is 11.6 Å². The molecule has 2 amide bonds. The Balaban J connectivity index is 2.17. The highest BCUT2D eigenvalue weighted by Crippen LogP contribution is 2.36. The molecule has 1 aliphatic heterocycles. The second-order valence-electron chi connectivity index (χ2n) is 4.42. The highest BCUT2D eigenvalue weighted by Gasteiger charge is 2.37. The van der Waals surface area contributed by atoms with Crippen molar-refractivity contribution in [1.82, 2.24) is 4.98 Å². The van der Waals surface area contributed by atoms with Crippen LogP contribution in [0.15, 0.2) is 35.1 Å². The predicted molar refractivity (Wildman–Crippen MR) is 79.3 cm³/mol. The molecule has 1 aromatic carbocycles. The lowest BCUT2D eigenvalue weighted by Crippen LogP contribution is -2.29. The van der Waals surface area contributed by atoms with E-state index in [9.17, 15) is 9.59 Å². The largest absolute Gasteiger partial charge is 0.268 e. The molecule has 1 aromatic heterocycles. The van der Waals surface area contributed by atoms with E-state index in [0.717, 1.165) is 10.5 Å². The van der Waals surface area contributed by atoms with Gasteiger partial charge < -0.3 is 0 Å². The Hall–Kier alpha value is -1.72. The molecule has 0 aliphatic carbocycles. The third-order valence-corrected chi connectivity index (χ3v) is 4.20. The predicted octanol–water partition coefficient (Wildman–Crippen LogP) is 3.61. The molecule has 20 heavy (non-hydrogen) atoms. The number of fused-ring (bicyclic) bond motifs is 1. The summed E-state index contributed by atoms with van der Waals surface area (Å²) >= 11 is 9.46. The number of aryl methyl sites for hydroxylation is 1. The summed E-state index contributed by atoms with van der Waals surface area (Å²) in [5.41, 5.74) is 1.96. The van der Waals surface area contributed by atoms with Gasteiger partial charge in [-0.3, -0.25) is 14.6 Å². The van der Waals surface area contributed by atoms with Crippen molar-refractivity contribution in [2.75, 3.05) is 4.90 Å². The first-order valence-electron chi connectivity index (χ1n) is 5.79. The molecular formula is C14H8BrClN2O2. The molecule has 100 valence electrons. The number of benzene rings is 1. The van der Waals surface area contributed by atoms with Gasteiger partial charge in [-0.25, -0.2) is 4.90 Å². The number of hydrogen-bond acceptors (Lipinski definition) is 3. The zero-order valence-electron chi connectivity index (χ0n) is 10.4. The lowest BCUT2D eigenvalue weighted by molar-refractivity contribution is 0.0926. The molecule has 0 saturated heterocycles. The number of pyridine rings is 1. The van der Waals surface area contributed by atoms with Crippen LogP contribution >= 0.6 is 27.5 Å². The van der Waals surface area contributed by atoms with E-state index in [1.54, 1.807) is 18.2 Å². The standard InChI is InChI=1S/C14H8BrClN2O2/c1-7-4-10(15)12(5-11(7)16)18-13(19)8-2-3-17-6-9(8)14(18)20/h2-6H,1H3. The fourth-order valence-corrected chi connectivity index (χ4v) is 2.90. The summed E-state index contributed by atoms with van der Waals surface area (Å²) in [5.74, 6) is -0.758. The number of aromatic nitrogens is 1. The summed E-state index contributed by atoms with van der Waals surface area (Å²) in [6, 6.07) is 4.93. The molecule has 0 spiro atoms. The lowest BCUT2D eigenvalue weighted by atomic mass is 10.2. The summed E-state index contributed by atoms with van der Waals surface area (Å²) in [6.07, 6.45) is 2.89. The minimum absolute atomic E-state index is 0.307. The van der Waals surface area contributed by atoms with Crippen LogP contribution in [0.4, 0.5) is 5.69 Å². The van der Waals surface area contributed by atoms with Crippen LogP contribution in [0.2, 0.25) is 5.02 Å². The third-order valence-electron chi connectivity index (χ3n) is 3.16. The molecule has 0 atom stereocenters. The van der Waals surface area contributed by atoms with Crippen molar-refractivity contribution in [3.05, 3.63) is 56.8 Å². The monoisotopic (exact) mass is 350 g/mol. The number of halogens is 2. The molecule has 2 aromatic rings. The van der Waals surface area contributed by atoms with Crippen LogP contribution in [0.25, 0.3) is 0 Å². The summed E-state index contributed by atoms with van der Waals surface area (Å²) in [6.45, 7) is 1.85. The topological polar surface area (TPSA) is 50.3 Å². The quantitative estimate of drug-likeness (QED) is 0.738. The number of carbonyl (C=O) groups is 2. The molecule has 2 heterocycles. The highest BCUT2D eigenvalue weighted by molar-refractivity contribution is 9.10. The highest BCUT2D eigenvalue weighted by atomic mass is 79.9. The van der Waals surface area contributed by atoms with Crippen molar-refractivity contribution in [2.45, 2.75) is 6.92 Å². The number of amides is 2. The third kappa shape index (κ3) is 1.85. The van der Waals surface area contributed by atoms with Gasteiger partial charge in [-0.05, 0) is 46.6 Å². The van der Waals surface area contributed by atoms with Crippen LogP contribution in [0.5, 0.6) is 0 Å². The molecular weight excluding hydrogens is 344 g/mol. The number of anilines is 1. The van der Waals surface area contributed by atoms with E-state index >= 15 is 0 Å². The van der Waals surface area contributed by atoms with Crippen LogP contribution in [0.3, 0.4) is 0 Å². The van der Waals surface area contributed by atoms with Gasteiger partial charge in [-0.2, -0.15) is 0 Å². The van der Waals surface area contributed by atoms with Gasteiger partial charge in [0.05, 0.1) is 16.8 Å². The van der Waals surface area contributed by atoms with E-state index < -0.39 is 5.91 Å². The first-order chi connectivity index (χ1) is 9.50. The van der Waals surface area contributed by atoms with Crippen LogP contribution in [-0.2, 0) is 0 Å². The molecule has 0 bridgehead atoms. The Morgan fingerprint density at radius 1 is 1.20 bits per heavy atom. The summed E-state index contributed by atoms with van der Waals surface area (Å²) in [5, 5.41) is 0.498. The zero-order chi connectivity index (χ0) is 14.4. The van der Waals surface area contributed by atoms with Crippen LogP contribution in [0, 0.1) is 6.92 Å². The molecule has 4 nitrogen and oxygen atoms in total. The Kier molecular flexibility index (Phi) is 3.11. The SMILES string of the molecule is Cc1cc(Br)c(N2C(=O)c3ccncc3C2=O)cc1Cl. The summed E-state index contributed by atoms with van der Waals surface area (Å²) in [7, 11) is 0. The number of nitrogens with zero attached hydrogens (tertiary/aromatic N) is 2. The van der Waals surface area contributed by atoms with Gasteiger partial charge in [0.2, 0.25) is 0 Å². The van der Waals surface area contributed by atoms with E-state index in [1.807, 2.05) is 6.92 Å². The van der Waals surface area contributed by atoms with Crippen molar-refractivity contribution >= 4 is 45.0 Å². The molecule has 3 rings (SSSR count). The Bertz CT molecular complexity index is 726. The summed E-state index contributed by atoms with van der Waals surface area (Å²) in [4.78, 5) is 29.7. The van der Waals surface area contributed by atoms with Crippen molar-refractivity contribution < 1.29 is 9.59 Å². The van der Waals surface area contributed by atoms with Crippen molar-refractivity contribution in [3.63, 3.8) is 0 Å². The van der Waals surface area contributed by atoms with Crippen LogP contribution < -0.4 is 4.90 Å². The fraction of sp³-hybridized carbons (Fsp3) is 0.0714. The maximum atomic E-state index is 12.4. The van der Waals surface area contributed by atoms with Gasteiger partial charge in [0.15, 0.2) is 0 Å². The smallest absolute Gasteiger partial charge is 0.267 e. The van der Waals surface area contributed by atoms with E-state index in [2.05, 4.69) is 20.9 Å². The van der Waals surface area contributed by atoms with Gasteiger partial charge in [-0.1, -0.05) is 11.6 Å². The van der Waals surface area contributed by atoms with Gasteiger partial charge in [0, 0.05) is 21.9 Å². The van der Waals surface area contributed by atoms with Crippen molar-refractivity contribution in [2.24, 2.45) is 0 Å². The van der Waals surface area contributed by atoms with Gasteiger partial charge in [-0.15, -0.1) is 0 Å². The van der Waals surface area contributed by atoms with Crippen molar-refractivity contribution in [3.8, 4) is 0 Å². The first-order valence-corrected chi connectivity index (χ1v) is 6.96. The maximum Gasteiger partial charge on any atom is 0.267 e. The van der Waals surface area contributed by atoms with Gasteiger partial charge >= 0.3 is 0 Å². The van der Waals surface area contributed by atoms with E-state index in [-0.39, 0.29) is 5.91 Å². The minimum atomic E-state index is -0.390. The molecule has 6 heteroatoms. The van der Waals surface area contributed by atoms with Crippen LogP contribution in [-0.4, -0.2) is 16.8 Å². The van der Waals surface area contributed by atoms with E-state index in [1.165, 1.54) is 12.4 Å². The Morgan fingerprint density at radius 3 is 2.60 bits per heavy atom. The van der Waals surface area contributed by atoms with Crippen LogP contribution in [0.1, 0.15) is 26.3 Å². The number of carbonyl (C=O) groups excluding carboxylic acids is 2. The molecule has 1 aliphatic rings. The summed E-state index contributed by atoms with van der Waals surface area (Å²) < 4.78 is 0.641. The van der Waals surface area contributed by atoms with Gasteiger partial charge in [0.25, 0.3) is 11.8 Å². The normalized spacial score (nSPS) is 13.8. The maximum absolute atomic E-state index is 12.4. The lowest BCUT2D eigenvalue weighted by Gasteiger charge is -2.16. The Labute approximate surface area is 128 Å². The molecule has 0 N–H and O–H groups in total. The second kappa shape index (κ2) is 4.68. The number of imide groups is 1. The fourth-order valence-electron chi connectivity index (χ4n) is 2.11.